The molecule has 1 aromatic carbocycles. The highest BCUT2D eigenvalue weighted by molar-refractivity contribution is 7.94. The van der Waals surface area contributed by atoms with Gasteiger partial charge in [0.1, 0.15) is 5.82 Å². The molecule has 0 amide bonds. The Kier molecular flexibility index (Phi) is 3.75. The highest BCUT2D eigenvalue weighted by atomic mass is 35.5. The predicted molar refractivity (Wildman–Crippen MR) is 69.7 cm³/mol. The van der Waals surface area contributed by atoms with Crippen molar-refractivity contribution in [2.45, 2.75) is 19.0 Å². The van der Waals surface area contributed by atoms with Gasteiger partial charge in [-0.05, 0) is 24.6 Å². The lowest BCUT2D eigenvalue weighted by Crippen LogP contribution is -2.32. The summed E-state index contributed by atoms with van der Waals surface area (Å²) in [5.41, 5.74) is 0.746. The van der Waals surface area contributed by atoms with Crippen molar-refractivity contribution >= 4 is 21.4 Å². The molecule has 0 saturated carbocycles. The molecule has 1 aliphatic rings. The molecule has 2 atom stereocenters. The summed E-state index contributed by atoms with van der Waals surface area (Å²) in [5.74, 6) is -0.338. The highest BCUT2D eigenvalue weighted by Crippen LogP contribution is 2.24. The molecule has 0 aromatic heterocycles. The fraction of sp³-hybridized carbons (Fsp3) is 0.333. The number of nitrogens with one attached hydrogen (secondary N) is 1. The normalized spacial score (nSPS) is 23.2. The van der Waals surface area contributed by atoms with Gasteiger partial charge in [0.25, 0.3) is 0 Å². The van der Waals surface area contributed by atoms with Crippen LogP contribution in [0.2, 0.25) is 5.02 Å². The molecule has 0 bridgehead atoms. The Balaban J connectivity index is 2.09. The van der Waals surface area contributed by atoms with Gasteiger partial charge in [-0.2, -0.15) is 0 Å². The van der Waals surface area contributed by atoms with E-state index in [1.165, 1.54) is 17.5 Å². The van der Waals surface area contributed by atoms with E-state index in [0.29, 0.717) is 5.02 Å². The monoisotopic (exact) mass is 289 g/mol. The first-order valence-electron chi connectivity index (χ1n) is 5.49. The van der Waals surface area contributed by atoms with Gasteiger partial charge >= 0.3 is 0 Å². The van der Waals surface area contributed by atoms with Gasteiger partial charge in [0.2, 0.25) is 0 Å². The maximum Gasteiger partial charge on any atom is 0.173 e. The van der Waals surface area contributed by atoms with E-state index < -0.39 is 9.84 Å². The van der Waals surface area contributed by atoms with Crippen molar-refractivity contribution in [2.75, 3.05) is 5.75 Å². The summed E-state index contributed by atoms with van der Waals surface area (Å²) in [4.78, 5) is 0. The highest BCUT2D eigenvalue weighted by Gasteiger charge is 2.23. The maximum atomic E-state index is 12.9. The van der Waals surface area contributed by atoms with E-state index in [9.17, 15) is 12.8 Å². The zero-order chi connectivity index (χ0) is 13.3. The van der Waals surface area contributed by atoms with Crippen LogP contribution in [0.5, 0.6) is 0 Å². The van der Waals surface area contributed by atoms with Crippen LogP contribution < -0.4 is 5.32 Å². The summed E-state index contributed by atoms with van der Waals surface area (Å²) in [6, 6.07) is 3.80. The van der Waals surface area contributed by atoms with Gasteiger partial charge in [0.05, 0.1) is 5.75 Å². The van der Waals surface area contributed by atoms with Crippen molar-refractivity contribution < 1.29 is 12.8 Å². The van der Waals surface area contributed by atoms with Crippen molar-refractivity contribution in [1.82, 2.24) is 5.32 Å². The van der Waals surface area contributed by atoms with Crippen LogP contribution in [-0.4, -0.2) is 20.2 Å². The summed E-state index contributed by atoms with van der Waals surface area (Å²) >= 11 is 5.95. The third kappa shape index (κ3) is 3.10. The van der Waals surface area contributed by atoms with Gasteiger partial charge < -0.3 is 5.32 Å². The predicted octanol–water partition coefficient (Wildman–Crippen LogP) is 2.44. The first-order chi connectivity index (χ1) is 8.37. The number of hydrogen-bond acceptors (Lipinski definition) is 3. The van der Waals surface area contributed by atoms with Crippen LogP contribution in [0.25, 0.3) is 0 Å². The SMILES string of the molecule is CC(NC1C=CS(=O)(=O)C1)c1ccc(F)cc1Cl. The lowest BCUT2D eigenvalue weighted by molar-refractivity contribution is 0.534. The second kappa shape index (κ2) is 4.99. The van der Waals surface area contributed by atoms with Gasteiger partial charge in [-0.25, -0.2) is 12.8 Å². The number of rotatable bonds is 3. The summed E-state index contributed by atoms with van der Waals surface area (Å²) in [5, 5.41) is 4.68. The molecule has 0 aliphatic carbocycles. The fourth-order valence-corrected chi connectivity index (χ4v) is 3.52. The molecular formula is C12H13ClFNO2S. The molecule has 1 heterocycles. The van der Waals surface area contributed by atoms with Crippen LogP contribution in [0.1, 0.15) is 18.5 Å². The molecule has 0 fully saturated rings. The lowest BCUT2D eigenvalue weighted by atomic mass is 10.1. The van der Waals surface area contributed by atoms with Gasteiger partial charge in [-0.15, -0.1) is 0 Å². The standard InChI is InChI=1S/C12H13ClFNO2S/c1-8(11-3-2-9(14)6-12(11)13)15-10-4-5-18(16,17)7-10/h2-6,8,10,15H,7H2,1H3. The van der Waals surface area contributed by atoms with Crippen molar-refractivity contribution in [3.8, 4) is 0 Å². The van der Waals surface area contributed by atoms with Crippen molar-refractivity contribution in [1.29, 1.82) is 0 Å². The average Bonchev–Trinajstić information content (AvgIpc) is 2.57. The zero-order valence-electron chi connectivity index (χ0n) is 9.73. The molecule has 98 valence electrons. The van der Waals surface area contributed by atoms with Crippen molar-refractivity contribution in [3.63, 3.8) is 0 Å². The topological polar surface area (TPSA) is 46.2 Å². The summed E-state index contributed by atoms with van der Waals surface area (Å²) in [6.07, 6.45) is 1.61. The largest absolute Gasteiger partial charge is 0.303 e. The minimum Gasteiger partial charge on any atom is -0.303 e. The maximum absolute atomic E-state index is 12.9. The van der Waals surface area contributed by atoms with E-state index in [-0.39, 0.29) is 23.7 Å². The third-order valence-electron chi connectivity index (χ3n) is 2.82. The van der Waals surface area contributed by atoms with E-state index in [2.05, 4.69) is 5.32 Å². The van der Waals surface area contributed by atoms with Crippen LogP contribution in [0.4, 0.5) is 4.39 Å². The summed E-state index contributed by atoms with van der Waals surface area (Å²) in [6.45, 7) is 1.86. The summed E-state index contributed by atoms with van der Waals surface area (Å²) < 4.78 is 35.5. The molecular weight excluding hydrogens is 277 g/mol. The van der Waals surface area contributed by atoms with Crippen LogP contribution >= 0.6 is 11.6 Å². The Labute approximate surface area is 111 Å². The number of sulfone groups is 1. The van der Waals surface area contributed by atoms with Crippen molar-refractivity contribution in [2.24, 2.45) is 0 Å². The minimum absolute atomic E-state index is 0.0517. The Morgan fingerprint density at radius 2 is 2.22 bits per heavy atom. The van der Waals surface area contributed by atoms with E-state index in [4.69, 9.17) is 11.6 Å². The molecule has 2 rings (SSSR count). The molecule has 0 radical (unpaired) electrons. The molecule has 1 aliphatic heterocycles. The molecule has 0 saturated heterocycles. The number of hydrogen-bond donors (Lipinski definition) is 1. The van der Waals surface area contributed by atoms with Crippen LogP contribution in [-0.2, 0) is 9.84 Å². The fourth-order valence-electron chi connectivity index (χ4n) is 1.94. The first-order valence-corrected chi connectivity index (χ1v) is 7.59. The van der Waals surface area contributed by atoms with Crippen LogP contribution in [0.3, 0.4) is 0 Å². The second-order valence-corrected chi connectivity index (χ2v) is 6.66. The average molecular weight is 290 g/mol. The quantitative estimate of drug-likeness (QED) is 0.930. The Hall–Kier alpha value is -0.910. The molecule has 0 spiro atoms. The minimum atomic E-state index is -3.08. The van der Waals surface area contributed by atoms with Crippen molar-refractivity contribution in [3.05, 3.63) is 46.1 Å². The molecule has 18 heavy (non-hydrogen) atoms. The third-order valence-corrected chi connectivity index (χ3v) is 4.55. The van der Waals surface area contributed by atoms with E-state index in [1.54, 1.807) is 12.1 Å². The first kappa shape index (κ1) is 13.5. The molecule has 6 heteroatoms. The van der Waals surface area contributed by atoms with Gasteiger partial charge in [0, 0.05) is 22.5 Å². The second-order valence-electron chi connectivity index (χ2n) is 4.32. The Bertz CT molecular complexity index is 586. The van der Waals surface area contributed by atoms with Gasteiger partial charge in [-0.1, -0.05) is 23.7 Å². The Morgan fingerprint density at radius 1 is 1.50 bits per heavy atom. The zero-order valence-corrected chi connectivity index (χ0v) is 11.3. The molecule has 1 aromatic rings. The smallest absolute Gasteiger partial charge is 0.173 e. The number of halogens is 2. The van der Waals surface area contributed by atoms with E-state index in [0.717, 1.165) is 5.56 Å². The number of benzene rings is 1. The van der Waals surface area contributed by atoms with E-state index in [1.807, 2.05) is 6.92 Å². The molecule has 1 N–H and O–H groups in total. The van der Waals surface area contributed by atoms with Gasteiger partial charge in [-0.3, -0.25) is 0 Å². The van der Waals surface area contributed by atoms with Gasteiger partial charge in [0.15, 0.2) is 9.84 Å². The molecule has 3 nitrogen and oxygen atoms in total. The van der Waals surface area contributed by atoms with Crippen LogP contribution in [0, 0.1) is 5.82 Å². The Morgan fingerprint density at radius 3 is 2.78 bits per heavy atom. The lowest BCUT2D eigenvalue weighted by Gasteiger charge is -2.19. The van der Waals surface area contributed by atoms with Crippen LogP contribution in [0.15, 0.2) is 29.7 Å². The summed E-state index contributed by atoms with van der Waals surface area (Å²) in [7, 11) is -3.08. The van der Waals surface area contributed by atoms with E-state index >= 15 is 0 Å². The molecule has 2 unspecified atom stereocenters.